The maximum Gasteiger partial charge on any atom is 0.225 e. The highest BCUT2D eigenvalue weighted by molar-refractivity contribution is 5.30. The SMILES string of the molecule is Cc1ccnc(N2CCN(CCO)CC2)n1. The summed E-state index contributed by atoms with van der Waals surface area (Å²) in [4.78, 5) is 13.1. The van der Waals surface area contributed by atoms with E-state index in [1.165, 1.54) is 0 Å². The first kappa shape index (κ1) is 11.3. The highest BCUT2D eigenvalue weighted by Crippen LogP contribution is 2.10. The summed E-state index contributed by atoms with van der Waals surface area (Å²) in [5.74, 6) is 0.823. The standard InChI is InChI=1S/C11H18N4O/c1-10-2-3-12-11(13-10)15-6-4-14(5-7-15)8-9-16/h2-3,16H,4-9H2,1H3. The van der Waals surface area contributed by atoms with Crippen LogP contribution >= 0.6 is 0 Å². The Labute approximate surface area is 95.7 Å². The molecule has 0 saturated carbocycles. The van der Waals surface area contributed by atoms with Crippen LogP contribution in [0, 0.1) is 6.92 Å². The molecule has 0 unspecified atom stereocenters. The van der Waals surface area contributed by atoms with Crippen LogP contribution in [0.5, 0.6) is 0 Å². The van der Waals surface area contributed by atoms with E-state index < -0.39 is 0 Å². The van der Waals surface area contributed by atoms with Gasteiger partial charge < -0.3 is 10.0 Å². The van der Waals surface area contributed by atoms with Crippen molar-refractivity contribution in [1.82, 2.24) is 14.9 Å². The Kier molecular flexibility index (Phi) is 3.69. The van der Waals surface area contributed by atoms with Crippen molar-refractivity contribution in [2.75, 3.05) is 44.2 Å². The van der Waals surface area contributed by atoms with E-state index in [0.717, 1.165) is 44.4 Å². The number of hydrogen-bond acceptors (Lipinski definition) is 5. The molecule has 1 aliphatic rings. The summed E-state index contributed by atoms with van der Waals surface area (Å²) < 4.78 is 0. The van der Waals surface area contributed by atoms with Gasteiger partial charge in [-0.1, -0.05) is 0 Å². The van der Waals surface area contributed by atoms with Gasteiger partial charge in [0.15, 0.2) is 0 Å². The van der Waals surface area contributed by atoms with E-state index in [1.807, 2.05) is 13.0 Å². The highest BCUT2D eigenvalue weighted by atomic mass is 16.3. The fourth-order valence-electron chi connectivity index (χ4n) is 1.90. The normalized spacial score (nSPS) is 17.8. The number of aryl methyl sites for hydroxylation is 1. The van der Waals surface area contributed by atoms with Crippen molar-refractivity contribution in [3.8, 4) is 0 Å². The highest BCUT2D eigenvalue weighted by Gasteiger charge is 2.18. The van der Waals surface area contributed by atoms with Crippen molar-refractivity contribution in [2.24, 2.45) is 0 Å². The van der Waals surface area contributed by atoms with Crippen LogP contribution in [0.4, 0.5) is 5.95 Å². The molecule has 88 valence electrons. The number of aliphatic hydroxyl groups is 1. The molecule has 0 aliphatic carbocycles. The third-order valence-electron chi connectivity index (χ3n) is 2.85. The van der Waals surface area contributed by atoms with Crippen molar-refractivity contribution in [3.05, 3.63) is 18.0 Å². The van der Waals surface area contributed by atoms with E-state index in [1.54, 1.807) is 6.20 Å². The van der Waals surface area contributed by atoms with Crippen LogP contribution in [0.3, 0.4) is 0 Å². The Morgan fingerprint density at radius 3 is 2.69 bits per heavy atom. The number of aliphatic hydroxyl groups excluding tert-OH is 1. The largest absolute Gasteiger partial charge is 0.395 e. The van der Waals surface area contributed by atoms with Gasteiger partial charge in [-0.2, -0.15) is 0 Å². The lowest BCUT2D eigenvalue weighted by Gasteiger charge is -2.34. The molecule has 5 nitrogen and oxygen atoms in total. The summed E-state index contributed by atoms with van der Waals surface area (Å²) in [6.07, 6.45) is 1.80. The average Bonchev–Trinajstić information content (AvgIpc) is 2.30. The fourth-order valence-corrected chi connectivity index (χ4v) is 1.90. The zero-order valence-electron chi connectivity index (χ0n) is 9.63. The molecule has 1 aliphatic heterocycles. The number of anilines is 1. The molecule has 0 radical (unpaired) electrons. The van der Waals surface area contributed by atoms with Crippen molar-refractivity contribution in [1.29, 1.82) is 0 Å². The molecule has 0 aromatic carbocycles. The Hall–Kier alpha value is -1.20. The molecule has 0 atom stereocenters. The van der Waals surface area contributed by atoms with Gasteiger partial charge in [0, 0.05) is 44.6 Å². The summed E-state index contributed by atoms with van der Waals surface area (Å²) in [5, 5.41) is 8.86. The van der Waals surface area contributed by atoms with Gasteiger partial charge in [0.2, 0.25) is 5.95 Å². The maximum absolute atomic E-state index is 8.86. The molecule has 1 saturated heterocycles. The van der Waals surface area contributed by atoms with Gasteiger partial charge in [0.1, 0.15) is 0 Å². The molecule has 1 aromatic heterocycles. The Morgan fingerprint density at radius 2 is 2.06 bits per heavy atom. The van der Waals surface area contributed by atoms with E-state index in [9.17, 15) is 0 Å². The molecule has 2 heterocycles. The van der Waals surface area contributed by atoms with Crippen molar-refractivity contribution < 1.29 is 5.11 Å². The molecule has 1 aromatic rings. The van der Waals surface area contributed by atoms with Crippen LogP contribution in [0.1, 0.15) is 5.69 Å². The summed E-state index contributed by atoms with van der Waals surface area (Å²) in [6.45, 7) is 6.79. The first-order valence-electron chi connectivity index (χ1n) is 5.67. The predicted molar refractivity (Wildman–Crippen MR) is 62.5 cm³/mol. The minimum atomic E-state index is 0.237. The predicted octanol–water partition coefficient (Wildman–Crippen LogP) is -0.101. The number of hydrogen-bond donors (Lipinski definition) is 1. The second-order valence-electron chi connectivity index (χ2n) is 4.05. The summed E-state index contributed by atoms with van der Waals surface area (Å²) in [6, 6.07) is 1.91. The average molecular weight is 222 g/mol. The van der Waals surface area contributed by atoms with Crippen LogP contribution < -0.4 is 4.90 Å². The Morgan fingerprint density at radius 1 is 1.31 bits per heavy atom. The first-order chi connectivity index (χ1) is 7.79. The van der Waals surface area contributed by atoms with E-state index >= 15 is 0 Å². The lowest BCUT2D eigenvalue weighted by molar-refractivity contribution is 0.188. The number of aromatic nitrogens is 2. The molecule has 5 heteroatoms. The number of β-amino-alcohol motifs (C(OH)–C–C–N with tert-alkyl or cyclic N) is 1. The third kappa shape index (κ3) is 2.68. The minimum absolute atomic E-state index is 0.237. The molecule has 1 N–H and O–H groups in total. The quantitative estimate of drug-likeness (QED) is 0.774. The smallest absolute Gasteiger partial charge is 0.225 e. The first-order valence-corrected chi connectivity index (χ1v) is 5.67. The summed E-state index contributed by atoms with van der Waals surface area (Å²) >= 11 is 0. The lowest BCUT2D eigenvalue weighted by Crippen LogP contribution is -2.47. The maximum atomic E-state index is 8.86. The molecule has 0 bridgehead atoms. The Bertz CT molecular complexity index is 337. The van der Waals surface area contributed by atoms with E-state index in [4.69, 9.17) is 5.11 Å². The summed E-state index contributed by atoms with van der Waals surface area (Å²) in [5.41, 5.74) is 1.00. The number of nitrogens with zero attached hydrogens (tertiary/aromatic N) is 4. The zero-order valence-corrected chi connectivity index (χ0v) is 9.63. The topological polar surface area (TPSA) is 52.5 Å². The van der Waals surface area contributed by atoms with E-state index in [0.29, 0.717) is 0 Å². The second-order valence-corrected chi connectivity index (χ2v) is 4.05. The number of rotatable bonds is 3. The molecular weight excluding hydrogens is 204 g/mol. The second kappa shape index (κ2) is 5.23. The van der Waals surface area contributed by atoms with E-state index in [2.05, 4.69) is 19.8 Å². The zero-order chi connectivity index (χ0) is 11.4. The van der Waals surface area contributed by atoms with Gasteiger partial charge in [0.05, 0.1) is 6.61 Å². The van der Waals surface area contributed by atoms with Crippen LogP contribution in [-0.4, -0.2) is 59.3 Å². The number of piperazine rings is 1. The lowest BCUT2D eigenvalue weighted by atomic mass is 10.3. The Balaban J connectivity index is 1.94. The van der Waals surface area contributed by atoms with Gasteiger partial charge in [-0.25, -0.2) is 9.97 Å². The van der Waals surface area contributed by atoms with Crippen molar-refractivity contribution >= 4 is 5.95 Å². The van der Waals surface area contributed by atoms with Crippen LogP contribution in [0.25, 0.3) is 0 Å². The van der Waals surface area contributed by atoms with Gasteiger partial charge in [-0.3, -0.25) is 4.90 Å². The molecule has 0 spiro atoms. The van der Waals surface area contributed by atoms with Crippen LogP contribution in [0.15, 0.2) is 12.3 Å². The summed E-state index contributed by atoms with van der Waals surface area (Å²) in [7, 11) is 0. The van der Waals surface area contributed by atoms with Gasteiger partial charge in [-0.05, 0) is 13.0 Å². The van der Waals surface area contributed by atoms with Crippen LogP contribution in [-0.2, 0) is 0 Å². The van der Waals surface area contributed by atoms with Gasteiger partial charge in [0.25, 0.3) is 0 Å². The molecule has 0 amide bonds. The minimum Gasteiger partial charge on any atom is -0.395 e. The molecular formula is C11H18N4O. The third-order valence-corrected chi connectivity index (χ3v) is 2.85. The fraction of sp³-hybridized carbons (Fsp3) is 0.636. The van der Waals surface area contributed by atoms with Crippen LogP contribution in [0.2, 0.25) is 0 Å². The van der Waals surface area contributed by atoms with Crippen molar-refractivity contribution in [2.45, 2.75) is 6.92 Å². The molecule has 2 rings (SSSR count). The monoisotopic (exact) mass is 222 g/mol. The van der Waals surface area contributed by atoms with Crippen molar-refractivity contribution in [3.63, 3.8) is 0 Å². The van der Waals surface area contributed by atoms with E-state index in [-0.39, 0.29) is 6.61 Å². The van der Waals surface area contributed by atoms with Gasteiger partial charge >= 0.3 is 0 Å². The van der Waals surface area contributed by atoms with Gasteiger partial charge in [-0.15, -0.1) is 0 Å². The molecule has 1 fully saturated rings. The molecule has 16 heavy (non-hydrogen) atoms.